The van der Waals surface area contributed by atoms with E-state index in [1.54, 1.807) is 13.8 Å². The minimum Gasteiger partial charge on any atom is -0.383 e. The summed E-state index contributed by atoms with van der Waals surface area (Å²) in [4.78, 5) is 0.0590. The Labute approximate surface area is 105 Å². The quantitative estimate of drug-likeness (QED) is 0.782. The molecule has 98 valence electrons. The van der Waals surface area contributed by atoms with Gasteiger partial charge in [-0.05, 0) is 13.8 Å². The van der Waals surface area contributed by atoms with Gasteiger partial charge in [0.05, 0.1) is 12.6 Å². The van der Waals surface area contributed by atoms with Crippen molar-refractivity contribution in [1.82, 2.24) is 9.88 Å². The molecule has 0 aromatic carbocycles. The number of halogens is 1. The van der Waals surface area contributed by atoms with E-state index in [1.807, 2.05) is 0 Å². The lowest BCUT2D eigenvalue weighted by Crippen LogP contribution is -2.39. The maximum atomic E-state index is 12.1. The number of hydrogen-bond acceptors (Lipinski definition) is 5. The molecule has 0 amide bonds. The van der Waals surface area contributed by atoms with Crippen LogP contribution >= 0.6 is 11.6 Å². The Hall–Kier alpha value is -0.630. The van der Waals surface area contributed by atoms with Crippen LogP contribution in [0.5, 0.6) is 0 Å². The van der Waals surface area contributed by atoms with Crippen LogP contribution in [-0.4, -0.2) is 39.2 Å². The summed E-state index contributed by atoms with van der Waals surface area (Å²) in [6, 6.07) is -0.486. The summed E-state index contributed by atoms with van der Waals surface area (Å²) in [6.45, 7) is 3.31. The lowest BCUT2D eigenvalue weighted by Gasteiger charge is -2.14. The number of aromatic nitrogens is 1. The number of sulfonamides is 1. The van der Waals surface area contributed by atoms with Crippen LogP contribution in [0.3, 0.4) is 0 Å². The second-order valence-corrected chi connectivity index (χ2v) is 5.54. The molecule has 0 aliphatic heterocycles. The van der Waals surface area contributed by atoms with Gasteiger partial charge >= 0.3 is 0 Å². The van der Waals surface area contributed by atoms with E-state index in [2.05, 4.69) is 9.88 Å². The summed E-state index contributed by atoms with van der Waals surface area (Å²) in [7, 11) is -2.21. The van der Waals surface area contributed by atoms with E-state index >= 15 is 0 Å². The van der Waals surface area contributed by atoms with Crippen molar-refractivity contribution in [2.24, 2.45) is 0 Å². The molecule has 1 N–H and O–H groups in total. The standard InChI is InChI=1S/C9H15ClN2O4S/c1-6-9(7(2)16-11-6)17(13,14)12-8(4-10)5-15-3/h8,12H,4-5H2,1-3H3. The molecule has 0 radical (unpaired) electrons. The Bertz CT molecular complexity index is 452. The molecule has 1 aromatic rings. The monoisotopic (exact) mass is 282 g/mol. The van der Waals surface area contributed by atoms with Gasteiger partial charge in [-0.3, -0.25) is 0 Å². The molecule has 17 heavy (non-hydrogen) atoms. The number of alkyl halides is 1. The number of nitrogens with zero attached hydrogens (tertiary/aromatic N) is 1. The van der Waals surface area contributed by atoms with Gasteiger partial charge in [-0.15, -0.1) is 11.6 Å². The molecule has 0 saturated carbocycles. The second-order valence-electron chi connectivity index (χ2n) is 3.58. The molecule has 0 aliphatic carbocycles. The highest BCUT2D eigenvalue weighted by molar-refractivity contribution is 7.89. The van der Waals surface area contributed by atoms with Crippen molar-refractivity contribution >= 4 is 21.6 Å². The summed E-state index contributed by atoms with van der Waals surface area (Å²) in [5, 5.41) is 3.60. The maximum Gasteiger partial charge on any atom is 0.246 e. The Morgan fingerprint density at radius 3 is 2.59 bits per heavy atom. The van der Waals surface area contributed by atoms with E-state index < -0.39 is 16.1 Å². The van der Waals surface area contributed by atoms with Gasteiger partial charge in [-0.2, -0.15) is 0 Å². The Balaban J connectivity index is 2.96. The van der Waals surface area contributed by atoms with Gasteiger partial charge in [0.1, 0.15) is 10.6 Å². The van der Waals surface area contributed by atoms with E-state index in [1.165, 1.54) is 7.11 Å². The highest BCUT2D eigenvalue weighted by Gasteiger charge is 2.26. The lowest BCUT2D eigenvalue weighted by atomic mass is 10.4. The van der Waals surface area contributed by atoms with Crippen molar-refractivity contribution < 1.29 is 17.7 Å². The maximum absolute atomic E-state index is 12.1. The zero-order valence-corrected chi connectivity index (χ0v) is 11.4. The third-order valence-corrected chi connectivity index (χ3v) is 4.25. The molecule has 1 aromatic heterocycles. The molecule has 0 fully saturated rings. The molecule has 1 unspecified atom stereocenters. The smallest absolute Gasteiger partial charge is 0.246 e. The number of rotatable bonds is 6. The Kier molecular flexibility index (Phi) is 4.93. The van der Waals surface area contributed by atoms with Crippen LogP contribution in [0.15, 0.2) is 9.42 Å². The average Bonchev–Trinajstić information content (AvgIpc) is 2.58. The molecule has 6 nitrogen and oxygen atoms in total. The average molecular weight is 283 g/mol. The van der Waals surface area contributed by atoms with Gasteiger partial charge in [0.15, 0.2) is 5.76 Å². The molecule has 0 aliphatic rings. The third-order valence-electron chi connectivity index (χ3n) is 2.11. The SMILES string of the molecule is COCC(CCl)NS(=O)(=O)c1c(C)noc1C. The topological polar surface area (TPSA) is 81.4 Å². The molecule has 0 bridgehead atoms. The fourth-order valence-corrected chi connectivity index (χ4v) is 3.26. The first-order valence-corrected chi connectivity index (χ1v) is 6.94. The largest absolute Gasteiger partial charge is 0.383 e. The molecule has 8 heteroatoms. The molecular formula is C9H15ClN2O4S. The highest BCUT2D eigenvalue weighted by atomic mass is 35.5. The van der Waals surface area contributed by atoms with E-state index in [0.29, 0.717) is 5.69 Å². The summed E-state index contributed by atoms with van der Waals surface area (Å²) in [5.41, 5.74) is 0.320. The van der Waals surface area contributed by atoms with Gasteiger partial charge < -0.3 is 9.26 Å². The molecule has 1 heterocycles. The van der Waals surface area contributed by atoms with Crippen LogP contribution in [0.1, 0.15) is 11.5 Å². The van der Waals surface area contributed by atoms with Crippen molar-refractivity contribution in [3.8, 4) is 0 Å². The molecule has 0 spiro atoms. The van der Waals surface area contributed by atoms with Gasteiger partial charge in [-0.1, -0.05) is 5.16 Å². The van der Waals surface area contributed by atoms with Gasteiger partial charge in [0.2, 0.25) is 10.0 Å². The predicted octanol–water partition coefficient (Wildman–Crippen LogP) is 0.824. The Morgan fingerprint density at radius 2 is 2.18 bits per heavy atom. The van der Waals surface area contributed by atoms with Crippen LogP contribution in [0.4, 0.5) is 0 Å². The first-order chi connectivity index (χ1) is 7.92. The normalized spacial score (nSPS) is 13.9. The number of nitrogens with one attached hydrogen (secondary N) is 1. The van der Waals surface area contributed by atoms with Crippen LogP contribution in [0.25, 0.3) is 0 Å². The predicted molar refractivity (Wildman–Crippen MR) is 62.7 cm³/mol. The zero-order valence-electron chi connectivity index (χ0n) is 9.86. The number of ether oxygens (including phenoxy) is 1. The molecule has 1 atom stereocenters. The fourth-order valence-electron chi connectivity index (χ4n) is 1.45. The van der Waals surface area contributed by atoms with Crippen molar-refractivity contribution in [1.29, 1.82) is 0 Å². The van der Waals surface area contributed by atoms with Crippen molar-refractivity contribution in [3.05, 3.63) is 11.5 Å². The summed E-state index contributed by atoms with van der Waals surface area (Å²) in [5.74, 6) is 0.372. The van der Waals surface area contributed by atoms with Crippen molar-refractivity contribution in [2.75, 3.05) is 19.6 Å². The van der Waals surface area contributed by atoms with Crippen molar-refractivity contribution in [2.45, 2.75) is 24.8 Å². The van der Waals surface area contributed by atoms with Gasteiger partial charge in [0.25, 0.3) is 0 Å². The van der Waals surface area contributed by atoms with Gasteiger partial charge in [-0.25, -0.2) is 13.1 Å². The summed E-state index contributed by atoms with van der Waals surface area (Å²) in [6.07, 6.45) is 0. The number of aryl methyl sites for hydroxylation is 2. The van der Waals surface area contributed by atoms with Crippen LogP contribution < -0.4 is 4.72 Å². The van der Waals surface area contributed by atoms with E-state index in [9.17, 15) is 8.42 Å². The van der Waals surface area contributed by atoms with E-state index in [-0.39, 0.29) is 23.1 Å². The highest BCUT2D eigenvalue weighted by Crippen LogP contribution is 2.18. The lowest BCUT2D eigenvalue weighted by molar-refractivity contribution is 0.181. The number of methoxy groups -OCH3 is 1. The van der Waals surface area contributed by atoms with E-state index in [0.717, 1.165) is 0 Å². The van der Waals surface area contributed by atoms with Crippen molar-refractivity contribution in [3.63, 3.8) is 0 Å². The minimum absolute atomic E-state index is 0.0590. The first kappa shape index (κ1) is 14.4. The third kappa shape index (κ3) is 3.41. The first-order valence-electron chi connectivity index (χ1n) is 4.92. The molecule has 0 saturated heterocycles. The second kappa shape index (κ2) is 5.81. The van der Waals surface area contributed by atoms with Crippen LogP contribution in [0.2, 0.25) is 0 Å². The summed E-state index contributed by atoms with van der Waals surface area (Å²) >= 11 is 5.65. The van der Waals surface area contributed by atoms with E-state index in [4.69, 9.17) is 20.9 Å². The van der Waals surface area contributed by atoms with Crippen LogP contribution in [-0.2, 0) is 14.8 Å². The number of hydrogen-bond donors (Lipinski definition) is 1. The Morgan fingerprint density at radius 1 is 1.53 bits per heavy atom. The zero-order chi connectivity index (χ0) is 13.1. The molecule has 1 rings (SSSR count). The molecular weight excluding hydrogens is 268 g/mol. The minimum atomic E-state index is -3.68. The van der Waals surface area contributed by atoms with Crippen LogP contribution in [0, 0.1) is 13.8 Å². The fraction of sp³-hybridized carbons (Fsp3) is 0.667. The van der Waals surface area contributed by atoms with Gasteiger partial charge in [0, 0.05) is 13.0 Å². The summed E-state index contributed by atoms with van der Waals surface area (Å²) < 4.78 is 36.2.